The van der Waals surface area contributed by atoms with E-state index in [1.807, 2.05) is 13.0 Å². The van der Waals surface area contributed by atoms with Crippen LogP contribution in [0.4, 0.5) is 11.4 Å². The molecule has 0 radical (unpaired) electrons. The molecule has 0 aliphatic carbocycles. The van der Waals surface area contributed by atoms with E-state index in [0.29, 0.717) is 5.92 Å². The van der Waals surface area contributed by atoms with Gasteiger partial charge in [-0.25, -0.2) is 0 Å². The molecule has 0 N–H and O–H groups in total. The van der Waals surface area contributed by atoms with E-state index in [-0.39, 0.29) is 10.6 Å². The molecule has 0 saturated carbocycles. The van der Waals surface area contributed by atoms with Gasteiger partial charge in [-0.15, -0.1) is 0 Å². The molecule has 1 aromatic rings. The van der Waals surface area contributed by atoms with Gasteiger partial charge in [0, 0.05) is 63.6 Å². The Balaban J connectivity index is 1.62. The maximum atomic E-state index is 10.9. The lowest BCUT2D eigenvalue weighted by atomic mass is 9.96. The van der Waals surface area contributed by atoms with Crippen LogP contribution in [0, 0.1) is 23.0 Å². The van der Waals surface area contributed by atoms with Gasteiger partial charge in [-0.2, -0.15) is 0 Å². The monoisotopic (exact) mass is 332 g/mol. The van der Waals surface area contributed by atoms with Crippen LogP contribution < -0.4 is 4.90 Å². The Morgan fingerprint density at radius 1 is 1.21 bits per heavy atom. The molecule has 0 amide bonds. The zero-order chi connectivity index (χ0) is 17.1. The van der Waals surface area contributed by atoms with Gasteiger partial charge in [0.05, 0.1) is 4.92 Å². The second-order valence-electron chi connectivity index (χ2n) is 7.29. The van der Waals surface area contributed by atoms with Gasteiger partial charge in [-0.05, 0) is 44.4 Å². The number of nitro benzene ring substituents is 1. The second kappa shape index (κ2) is 7.49. The Morgan fingerprint density at radius 3 is 2.62 bits per heavy atom. The summed E-state index contributed by atoms with van der Waals surface area (Å²) in [5, 5.41) is 10.9. The fraction of sp³-hybridized carbons (Fsp3) is 0.667. The predicted molar refractivity (Wildman–Crippen MR) is 96.7 cm³/mol. The summed E-state index contributed by atoms with van der Waals surface area (Å²) in [6.07, 6.45) is 2.49. The Kier molecular flexibility index (Phi) is 5.36. The second-order valence-corrected chi connectivity index (χ2v) is 7.29. The quantitative estimate of drug-likeness (QED) is 0.626. The van der Waals surface area contributed by atoms with Crippen LogP contribution in [0.1, 0.15) is 18.4 Å². The molecule has 6 nitrogen and oxygen atoms in total. The molecule has 2 aliphatic rings. The lowest BCUT2D eigenvalue weighted by Crippen LogP contribution is -2.48. The van der Waals surface area contributed by atoms with Gasteiger partial charge < -0.3 is 14.7 Å². The van der Waals surface area contributed by atoms with Crippen molar-refractivity contribution in [3.63, 3.8) is 0 Å². The number of aryl methyl sites for hydroxylation is 1. The van der Waals surface area contributed by atoms with Gasteiger partial charge in [0.1, 0.15) is 0 Å². The number of piperazine rings is 1. The normalized spacial score (nSPS) is 23.4. The summed E-state index contributed by atoms with van der Waals surface area (Å²) in [4.78, 5) is 18.0. The highest BCUT2D eigenvalue weighted by molar-refractivity contribution is 5.57. The van der Waals surface area contributed by atoms with E-state index < -0.39 is 0 Å². The van der Waals surface area contributed by atoms with E-state index in [0.717, 1.165) is 37.4 Å². The summed E-state index contributed by atoms with van der Waals surface area (Å²) in [5.41, 5.74) is 2.34. The molecule has 6 heteroatoms. The van der Waals surface area contributed by atoms with Crippen molar-refractivity contribution in [2.24, 2.45) is 5.92 Å². The fourth-order valence-electron chi connectivity index (χ4n) is 3.94. The maximum absolute atomic E-state index is 10.9. The van der Waals surface area contributed by atoms with E-state index in [2.05, 4.69) is 21.7 Å². The zero-order valence-corrected chi connectivity index (χ0v) is 14.8. The first-order valence-corrected chi connectivity index (χ1v) is 8.94. The first-order chi connectivity index (χ1) is 11.5. The highest BCUT2D eigenvalue weighted by atomic mass is 16.6. The number of non-ortho nitro benzene ring substituents is 1. The molecule has 2 heterocycles. The van der Waals surface area contributed by atoms with Gasteiger partial charge in [-0.1, -0.05) is 0 Å². The number of hydrogen-bond donors (Lipinski definition) is 0. The van der Waals surface area contributed by atoms with Gasteiger partial charge in [0.15, 0.2) is 0 Å². The lowest BCUT2D eigenvalue weighted by molar-refractivity contribution is -0.384. The molecule has 132 valence electrons. The topological polar surface area (TPSA) is 52.9 Å². The van der Waals surface area contributed by atoms with E-state index >= 15 is 0 Å². The summed E-state index contributed by atoms with van der Waals surface area (Å²) in [7, 11) is 2.19. The van der Waals surface area contributed by atoms with Crippen LogP contribution in [-0.4, -0.2) is 67.6 Å². The molecule has 2 aliphatic heterocycles. The first kappa shape index (κ1) is 17.2. The third kappa shape index (κ3) is 4.05. The van der Waals surface area contributed by atoms with E-state index in [1.165, 1.54) is 32.5 Å². The van der Waals surface area contributed by atoms with Crippen LogP contribution in [0.25, 0.3) is 0 Å². The zero-order valence-electron chi connectivity index (χ0n) is 14.8. The number of hydrogen-bond acceptors (Lipinski definition) is 5. The van der Waals surface area contributed by atoms with Gasteiger partial charge in [-0.3, -0.25) is 10.1 Å². The van der Waals surface area contributed by atoms with E-state index in [4.69, 9.17) is 0 Å². The summed E-state index contributed by atoms with van der Waals surface area (Å²) in [6.45, 7) is 9.94. The smallest absolute Gasteiger partial charge is 0.269 e. The average molecular weight is 332 g/mol. The molecular formula is C18H28N4O2. The minimum Gasteiger partial charge on any atom is -0.371 e. The molecular weight excluding hydrogens is 304 g/mol. The van der Waals surface area contributed by atoms with Crippen molar-refractivity contribution in [2.45, 2.75) is 19.8 Å². The number of piperidine rings is 1. The first-order valence-electron chi connectivity index (χ1n) is 8.94. The minimum absolute atomic E-state index is 0.183. The predicted octanol–water partition coefficient (Wildman–Crippen LogP) is 2.37. The highest BCUT2D eigenvalue weighted by Crippen LogP contribution is 2.29. The molecule has 1 atom stereocenters. The summed E-state index contributed by atoms with van der Waals surface area (Å²) in [6, 6.07) is 5.25. The Hall–Kier alpha value is -1.66. The van der Waals surface area contributed by atoms with Crippen LogP contribution in [0.15, 0.2) is 18.2 Å². The summed E-state index contributed by atoms with van der Waals surface area (Å²) < 4.78 is 0. The molecule has 24 heavy (non-hydrogen) atoms. The van der Waals surface area contributed by atoms with Crippen molar-refractivity contribution in [3.8, 4) is 0 Å². The van der Waals surface area contributed by atoms with Crippen LogP contribution in [0.5, 0.6) is 0 Å². The van der Waals surface area contributed by atoms with Crippen molar-refractivity contribution >= 4 is 11.4 Å². The number of nitrogens with zero attached hydrogens (tertiary/aromatic N) is 4. The molecule has 0 bridgehead atoms. The molecule has 3 rings (SSSR count). The number of rotatable bonds is 4. The largest absolute Gasteiger partial charge is 0.371 e. The minimum atomic E-state index is -0.316. The molecule has 1 aromatic carbocycles. The molecule has 2 saturated heterocycles. The Labute approximate surface area is 144 Å². The fourth-order valence-corrected chi connectivity index (χ4v) is 3.94. The third-order valence-corrected chi connectivity index (χ3v) is 5.36. The summed E-state index contributed by atoms with van der Waals surface area (Å²) >= 11 is 0. The van der Waals surface area contributed by atoms with Crippen molar-refractivity contribution < 1.29 is 4.92 Å². The number of benzene rings is 1. The third-order valence-electron chi connectivity index (χ3n) is 5.36. The van der Waals surface area contributed by atoms with Crippen molar-refractivity contribution in [2.75, 3.05) is 57.8 Å². The van der Waals surface area contributed by atoms with E-state index in [1.54, 1.807) is 12.1 Å². The number of anilines is 1. The van der Waals surface area contributed by atoms with Gasteiger partial charge in [0.25, 0.3) is 5.69 Å². The molecule has 0 spiro atoms. The number of likely N-dealkylation sites (N-methyl/N-ethyl adjacent to an activating group) is 1. The highest BCUT2D eigenvalue weighted by Gasteiger charge is 2.25. The lowest BCUT2D eigenvalue weighted by Gasteiger charge is -2.39. The van der Waals surface area contributed by atoms with Crippen LogP contribution >= 0.6 is 0 Å². The van der Waals surface area contributed by atoms with Crippen LogP contribution in [0.3, 0.4) is 0 Å². The van der Waals surface area contributed by atoms with Crippen molar-refractivity contribution in [1.82, 2.24) is 9.80 Å². The number of nitro groups is 1. The SMILES string of the molecule is Cc1cc([N+](=O)[O-])ccc1N1CCCC(CN2CCN(C)CC2)C1. The van der Waals surface area contributed by atoms with Gasteiger partial charge >= 0.3 is 0 Å². The molecule has 1 unspecified atom stereocenters. The van der Waals surface area contributed by atoms with E-state index in [9.17, 15) is 10.1 Å². The molecule has 0 aromatic heterocycles. The molecule has 2 fully saturated rings. The van der Waals surface area contributed by atoms with Crippen molar-refractivity contribution in [3.05, 3.63) is 33.9 Å². The Bertz CT molecular complexity index is 584. The van der Waals surface area contributed by atoms with Crippen molar-refractivity contribution in [1.29, 1.82) is 0 Å². The van der Waals surface area contributed by atoms with Crippen LogP contribution in [0.2, 0.25) is 0 Å². The maximum Gasteiger partial charge on any atom is 0.269 e. The Morgan fingerprint density at radius 2 is 1.96 bits per heavy atom. The average Bonchev–Trinajstić information content (AvgIpc) is 2.57. The standard InChI is InChI=1S/C18H28N4O2/c1-15-12-17(22(23)24)5-6-18(15)21-7-3-4-16(14-21)13-20-10-8-19(2)9-11-20/h5-6,12,16H,3-4,7-11,13-14H2,1-2H3. The summed E-state index contributed by atoms with van der Waals surface area (Å²) in [5.74, 6) is 0.691. The van der Waals surface area contributed by atoms with Gasteiger partial charge in [0.2, 0.25) is 0 Å². The van der Waals surface area contributed by atoms with Crippen LogP contribution in [-0.2, 0) is 0 Å².